The van der Waals surface area contributed by atoms with Crippen LogP contribution >= 0.6 is 0 Å². The van der Waals surface area contributed by atoms with Crippen LogP contribution in [0.25, 0.3) is 0 Å². The zero-order valence-electron chi connectivity index (χ0n) is 18.6. The summed E-state index contributed by atoms with van der Waals surface area (Å²) >= 11 is 0. The number of nitrogens with one attached hydrogen (secondary N) is 2. The van der Waals surface area contributed by atoms with Gasteiger partial charge in [0.2, 0.25) is 0 Å². The zero-order chi connectivity index (χ0) is 24.3. The number of carbonyl (C=O) groups is 3. The third-order valence-corrected chi connectivity index (χ3v) is 4.62. The number of para-hydroxylation sites is 3. The summed E-state index contributed by atoms with van der Waals surface area (Å²) in [5.41, 5.74) is 4.45. The van der Waals surface area contributed by atoms with E-state index in [2.05, 4.69) is 20.6 Å². The SMILES string of the molecule is COC(=O)c1ccc(COc2ccccc2/C=N/NC(=O)C(=O)Nc2ccccc2OC)cc1. The van der Waals surface area contributed by atoms with Gasteiger partial charge in [0.05, 0.1) is 31.7 Å². The minimum Gasteiger partial charge on any atom is -0.495 e. The minimum atomic E-state index is -0.939. The number of carbonyl (C=O) groups excluding carboxylic acids is 3. The highest BCUT2D eigenvalue weighted by molar-refractivity contribution is 6.39. The lowest BCUT2D eigenvalue weighted by molar-refractivity contribution is -0.136. The van der Waals surface area contributed by atoms with Crippen molar-refractivity contribution in [3.8, 4) is 11.5 Å². The fourth-order valence-electron chi connectivity index (χ4n) is 2.87. The molecule has 0 unspecified atom stereocenters. The highest BCUT2D eigenvalue weighted by atomic mass is 16.5. The predicted molar refractivity (Wildman–Crippen MR) is 126 cm³/mol. The Bertz CT molecular complexity index is 1190. The van der Waals surface area contributed by atoms with E-state index in [1.54, 1.807) is 72.8 Å². The zero-order valence-corrected chi connectivity index (χ0v) is 18.6. The summed E-state index contributed by atoms with van der Waals surface area (Å²) in [5, 5.41) is 6.33. The summed E-state index contributed by atoms with van der Waals surface area (Å²) in [7, 11) is 2.79. The highest BCUT2D eigenvalue weighted by Gasteiger charge is 2.15. The van der Waals surface area contributed by atoms with E-state index in [0.717, 1.165) is 5.56 Å². The standard InChI is InChI=1S/C25H23N3O6/c1-32-22-10-6-4-8-20(22)27-23(29)24(30)28-26-15-19-7-3-5-9-21(19)34-16-17-11-13-18(14-12-17)25(31)33-2/h3-15H,16H2,1-2H3,(H,27,29)(H,28,30)/b26-15+. The van der Waals surface area contributed by atoms with Crippen molar-refractivity contribution >= 4 is 29.7 Å². The van der Waals surface area contributed by atoms with Crippen LogP contribution in [0.1, 0.15) is 21.5 Å². The molecule has 0 aliphatic rings. The van der Waals surface area contributed by atoms with Crippen molar-refractivity contribution in [3.63, 3.8) is 0 Å². The molecule has 2 N–H and O–H groups in total. The first-order valence-electron chi connectivity index (χ1n) is 10.2. The second kappa shape index (κ2) is 11.8. The molecule has 0 fully saturated rings. The van der Waals surface area contributed by atoms with Gasteiger partial charge in [0.15, 0.2) is 0 Å². The smallest absolute Gasteiger partial charge is 0.337 e. The first-order valence-corrected chi connectivity index (χ1v) is 10.2. The first kappa shape index (κ1) is 24.0. The molecular formula is C25H23N3O6. The van der Waals surface area contributed by atoms with E-state index in [0.29, 0.717) is 28.3 Å². The van der Waals surface area contributed by atoms with Gasteiger partial charge < -0.3 is 19.5 Å². The van der Waals surface area contributed by atoms with Crippen LogP contribution in [0.15, 0.2) is 77.9 Å². The largest absolute Gasteiger partial charge is 0.495 e. The van der Waals surface area contributed by atoms with Crippen molar-refractivity contribution < 1.29 is 28.6 Å². The van der Waals surface area contributed by atoms with E-state index in [-0.39, 0.29) is 6.61 Å². The van der Waals surface area contributed by atoms with E-state index in [9.17, 15) is 14.4 Å². The van der Waals surface area contributed by atoms with Crippen molar-refractivity contribution in [3.05, 3.63) is 89.5 Å². The first-order chi connectivity index (χ1) is 16.5. The Morgan fingerprint density at radius 2 is 1.53 bits per heavy atom. The van der Waals surface area contributed by atoms with Gasteiger partial charge in [-0.15, -0.1) is 0 Å². The number of amides is 2. The van der Waals surface area contributed by atoms with Crippen LogP contribution in [-0.2, 0) is 20.9 Å². The summed E-state index contributed by atoms with van der Waals surface area (Å²) in [6.07, 6.45) is 1.38. The topological polar surface area (TPSA) is 115 Å². The molecule has 9 nitrogen and oxygen atoms in total. The molecule has 0 saturated carbocycles. The van der Waals surface area contributed by atoms with Crippen LogP contribution in [0.4, 0.5) is 5.69 Å². The molecule has 0 aliphatic heterocycles. The molecule has 3 rings (SSSR count). The van der Waals surface area contributed by atoms with Gasteiger partial charge in [-0.25, -0.2) is 10.2 Å². The minimum absolute atomic E-state index is 0.250. The van der Waals surface area contributed by atoms with E-state index in [1.165, 1.54) is 20.4 Å². The van der Waals surface area contributed by atoms with Gasteiger partial charge in [-0.1, -0.05) is 36.4 Å². The van der Waals surface area contributed by atoms with Gasteiger partial charge in [0.25, 0.3) is 0 Å². The highest BCUT2D eigenvalue weighted by Crippen LogP contribution is 2.22. The average molecular weight is 461 g/mol. The normalized spacial score (nSPS) is 10.4. The maximum atomic E-state index is 12.1. The van der Waals surface area contributed by atoms with Crippen LogP contribution in [0.5, 0.6) is 11.5 Å². The van der Waals surface area contributed by atoms with Gasteiger partial charge in [-0.05, 0) is 42.0 Å². The third kappa shape index (κ3) is 6.42. The lowest BCUT2D eigenvalue weighted by atomic mass is 10.1. The van der Waals surface area contributed by atoms with E-state index in [4.69, 9.17) is 9.47 Å². The van der Waals surface area contributed by atoms with Crippen LogP contribution in [0, 0.1) is 0 Å². The average Bonchev–Trinajstić information content (AvgIpc) is 2.88. The van der Waals surface area contributed by atoms with Crippen molar-refractivity contribution in [1.82, 2.24) is 5.43 Å². The summed E-state index contributed by atoms with van der Waals surface area (Å²) < 4.78 is 15.7. The molecule has 3 aromatic rings. The quantitative estimate of drug-likeness (QED) is 0.230. The van der Waals surface area contributed by atoms with Crippen LogP contribution in [0.2, 0.25) is 0 Å². The molecular weight excluding hydrogens is 438 g/mol. The number of methoxy groups -OCH3 is 2. The second-order valence-electron chi connectivity index (χ2n) is 6.87. The van der Waals surface area contributed by atoms with Crippen LogP contribution < -0.4 is 20.2 Å². The molecule has 0 aromatic heterocycles. The molecule has 0 heterocycles. The molecule has 0 bridgehead atoms. The summed E-state index contributed by atoms with van der Waals surface area (Å²) in [6, 6.07) is 20.7. The van der Waals surface area contributed by atoms with Crippen LogP contribution in [-0.4, -0.2) is 38.2 Å². The molecule has 0 aliphatic carbocycles. The fraction of sp³-hybridized carbons (Fsp3) is 0.120. The van der Waals surface area contributed by atoms with Gasteiger partial charge in [0.1, 0.15) is 18.1 Å². The number of anilines is 1. The molecule has 0 spiro atoms. The Balaban J connectivity index is 1.57. The molecule has 9 heteroatoms. The molecule has 0 saturated heterocycles. The lowest BCUT2D eigenvalue weighted by Crippen LogP contribution is -2.32. The van der Waals surface area contributed by atoms with Gasteiger partial charge in [0, 0.05) is 5.56 Å². The van der Waals surface area contributed by atoms with Gasteiger partial charge >= 0.3 is 17.8 Å². The number of nitrogens with zero attached hydrogens (tertiary/aromatic N) is 1. The number of esters is 1. The van der Waals surface area contributed by atoms with E-state index in [1.807, 2.05) is 0 Å². The van der Waals surface area contributed by atoms with Crippen molar-refractivity contribution in [2.45, 2.75) is 6.61 Å². The molecule has 174 valence electrons. The Labute approximate surface area is 196 Å². The van der Waals surface area contributed by atoms with Crippen LogP contribution in [0.3, 0.4) is 0 Å². The summed E-state index contributed by atoms with van der Waals surface area (Å²) in [5.74, 6) is -1.28. The lowest BCUT2D eigenvalue weighted by Gasteiger charge is -2.10. The number of benzene rings is 3. The summed E-state index contributed by atoms with van der Waals surface area (Å²) in [6.45, 7) is 0.250. The maximum absolute atomic E-state index is 12.1. The number of hydrazone groups is 1. The second-order valence-corrected chi connectivity index (χ2v) is 6.87. The Morgan fingerprint density at radius 3 is 2.24 bits per heavy atom. The maximum Gasteiger partial charge on any atom is 0.337 e. The van der Waals surface area contributed by atoms with Gasteiger partial charge in [-0.3, -0.25) is 9.59 Å². The van der Waals surface area contributed by atoms with Gasteiger partial charge in [-0.2, -0.15) is 5.10 Å². The molecule has 34 heavy (non-hydrogen) atoms. The summed E-state index contributed by atoms with van der Waals surface area (Å²) in [4.78, 5) is 35.7. The third-order valence-electron chi connectivity index (χ3n) is 4.62. The fourth-order valence-corrected chi connectivity index (χ4v) is 2.87. The van der Waals surface area contributed by atoms with Crippen molar-refractivity contribution in [2.75, 3.05) is 19.5 Å². The molecule has 0 radical (unpaired) electrons. The molecule has 0 atom stereocenters. The van der Waals surface area contributed by atoms with Crippen molar-refractivity contribution in [2.24, 2.45) is 5.10 Å². The molecule has 3 aromatic carbocycles. The Kier molecular flexibility index (Phi) is 8.34. The Morgan fingerprint density at radius 1 is 0.853 bits per heavy atom. The van der Waals surface area contributed by atoms with E-state index < -0.39 is 17.8 Å². The Hall–Kier alpha value is -4.66. The number of ether oxygens (including phenoxy) is 3. The number of hydrogen-bond acceptors (Lipinski definition) is 7. The molecule has 2 amide bonds. The number of hydrogen-bond donors (Lipinski definition) is 2. The monoisotopic (exact) mass is 461 g/mol. The predicted octanol–water partition coefficient (Wildman–Crippen LogP) is 3.15. The number of rotatable bonds is 8. The van der Waals surface area contributed by atoms with Crippen molar-refractivity contribution in [1.29, 1.82) is 0 Å². The van der Waals surface area contributed by atoms with E-state index >= 15 is 0 Å².